The van der Waals surface area contributed by atoms with Crippen LogP contribution >= 0.6 is 11.3 Å². The summed E-state index contributed by atoms with van der Waals surface area (Å²) in [7, 11) is 1.57. The molecule has 2 heterocycles. The van der Waals surface area contributed by atoms with Gasteiger partial charge in [-0.05, 0) is 31.9 Å². The van der Waals surface area contributed by atoms with E-state index in [1.54, 1.807) is 35.5 Å². The Bertz CT molecular complexity index is 797. The molecule has 1 aliphatic rings. The van der Waals surface area contributed by atoms with Crippen molar-refractivity contribution in [3.05, 3.63) is 45.9 Å². The molecule has 144 valence electrons. The van der Waals surface area contributed by atoms with Crippen LogP contribution in [0.3, 0.4) is 0 Å². The Hall–Kier alpha value is -2.41. The second-order valence-electron chi connectivity index (χ2n) is 6.67. The lowest BCUT2D eigenvalue weighted by Gasteiger charge is -2.31. The summed E-state index contributed by atoms with van der Waals surface area (Å²) in [5, 5.41) is 6.08. The number of likely N-dealkylation sites (tertiary alicyclic amines) is 1. The van der Waals surface area contributed by atoms with Crippen molar-refractivity contribution in [3.8, 4) is 5.75 Å². The van der Waals surface area contributed by atoms with Gasteiger partial charge in [0.2, 0.25) is 5.91 Å². The maximum absolute atomic E-state index is 12.7. The smallest absolute Gasteiger partial charge is 0.257 e. The van der Waals surface area contributed by atoms with Crippen molar-refractivity contribution in [2.75, 3.05) is 26.7 Å². The quantitative estimate of drug-likeness (QED) is 0.827. The lowest BCUT2D eigenvalue weighted by Crippen LogP contribution is -2.43. The summed E-state index contributed by atoms with van der Waals surface area (Å²) in [6.07, 6.45) is 2.12. The maximum atomic E-state index is 12.7. The molecule has 0 radical (unpaired) electrons. The van der Waals surface area contributed by atoms with Gasteiger partial charge in [0, 0.05) is 37.4 Å². The molecule has 1 saturated heterocycles. The van der Waals surface area contributed by atoms with Gasteiger partial charge in [-0.2, -0.15) is 0 Å². The number of piperidine rings is 1. The second-order valence-corrected chi connectivity index (χ2v) is 7.73. The number of amides is 2. The third kappa shape index (κ3) is 4.86. The molecule has 0 aliphatic carbocycles. The number of nitrogens with one attached hydrogen (secondary N) is 1. The zero-order valence-corrected chi connectivity index (χ0v) is 16.6. The highest BCUT2D eigenvalue weighted by Crippen LogP contribution is 2.23. The molecule has 1 fully saturated rings. The van der Waals surface area contributed by atoms with Gasteiger partial charge in [0.05, 0.1) is 23.4 Å². The van der Waals surface area contributed by atoms with Crippen LogP contribution in [-0.4, -0.2) is 48.4 Å². The molecular formula is C20H25N3O3S. The Kier molecular flexibility index (Phi) is 6.45. The summed E-state index contributed by atoms with van der Waals surface area (Å²) in [5.74, 6) is 0.583. The van der Waals surface area contributed by atoms with Crippen LogP contribution in [0.5, 0.6) is 5.75 Å². The van der Waals surface area contributed by atoms with E-state index in [0.29, 0.717) is 43.8 Å². The molecule has 0 saturated carbocycles. The minimum absolute atomic E-state index is 0.0368. The lowest BCUT2D eigenvalue weighted by molar-refractivity contribution is -0.126. The molecule has 7 heteroatoms. The van der Waals surface area contributed by atoms with Crippen molar-refractivity contribution in [2.45, 2.75) is 26.2 Å². The van der Waals surface area contributed by atoms with Crippen LogP contribution in [0.1, 0.15) is 33.9 Å². The van der Waals surface area contributed by atoms with E-state index in [-0.39, 0.29) is 17.7 Å². The Balaban J connectivity index is 1.46. The number of hydrogen-bond donors (Lipinski definition) is 1. The fraction of sp³-hybridized carbons (Fsp3) is 0.450. The molecule has 0 spiro atoms. The van der Waals surface area contributed by atoms with E-state index in [1.807, 2.05) is 24.4 Å². The Morgan fingerprint density at radius 1 is 1.30 bits per heavy atom. The monoisotopic (exact) mass is 387 g/mol. The highest BCUT2D eigenvalue weighted by molar-refractivity contribution is 7.09. The van der Waals surface area contributed by atoms with Crippen LogP contribution in [0.25, 0.3) is 0 Å². The third-order valence-electron chi connectivity index (χ3n) is 4.84. The normalized spacial score (nSPS) is 14.8. The molecule has 1 aromatic carbocycles. The van der Waals surface area contributed by atoms with Gasteiger partial charge in [-0.3, -0.25) is 9.59 Å². The number of benzene rings is 1. The summed E-state index contributed by atoms with van der Waals surface area (Å²) in [4.78, 5) is 31.3. The zero-order chi connectivity index (χ0) is 19.2. The van der Waals surface area contributed by atoms with E-state index >= 15 is 0 Å². The topological polar surface area (TPSA) is 71.5 Å². The van der Waals surface area contributed by atoms with Crippen LogP contribution in [0.4, 0.5) is 0 Å². The number of carbonyl (C=O) groups is 2. The molecule has 1 aliphatic heterocycles. The van der Waals surface area contributed by atoms with Crippen molar-refractivity contribution in [1.29, 1.82) is 0 Å². The number of para-hydroxylation sites is 1. The molecule has 6 nitrogen and oxygen atoms in total. The van der Waals surface area contributed by atoms with Crippen LogP contribution in [-0.2, 0) is 11.2 Å². The minimum Gasteiger partial charge on any atom is -0.496 e. The third-order valence-corrected chi connectivity index (χ3v) is 5.66. The highest BCUT2D eigenvalue weighted by atomic mass is 32.1. The van der Waals surface area contributed by atoms with Gasteiger partial charge in [-0.25, -0.2) is 4.98 Å². The van der Waals surface area contributed by atoms with E-state index in [9.17, 15) is 9.59 Å². The van der Waals surface area contributed by atoms with E-state index in [4.69, 9.17) is 4.74 Å². The Morgan fingerprint density at radius 2 is 2.04 bits per heavy atom. The van der Waals surface area contributed by atoms with Crippen LogP contribution in [0.2, 0.25) is 0 Å². The molecular weight excluding hydrogens is 362 g/mol. The number of hydrogen-bond acceptors (Lipinski definition) is 5. The first-order valence-electron chi connectivity index (χ1n) is 9.19. The van der Waals surface area contributed by atoms with Crippen molar-refractivity contribution in [1.82, 2.24) is 15.2 Å². The standard InChI is InChI=1S/C20H25N3O3S/c1-14-22-16(13-27-14)7-10-21-19(24)15-8-11-23(12-9-15)20(25)17-5-3-4-6-18(17)26-2/h3-6,13,15H,7-12H2,1-2H3,(H,21,24). The number of ether oxygens (including phenoxy) is 1. The molecule has 2 aromatic rings. The minimum atomic E-state index is -0.0381. The Labute approximate surface area is 163 Å². The van der Waals surface area contributed by atoms with Gasteiger partial charge < -0.3 is 15.0 Å². The van der Waals surface area contributed by atoms with Crippen LogP contribution < -0.4 is 10.1 Å². The summed E-state index contributed by atoms with van der Waals surface area (Å²) in [6.45, 7) is 3.75. The van der Waals surface area contributed by atoms with E-state index in [0.717, 1.165) is 17.1 Å². The maximum Gasteiger partial charge on any atom is 0.257 e. The molecule has 27 heavy (non-hydrogen) atoms. The molecule has 1 aromatic heterocycles. The fourth-order valence-corrected chi connectivity index (χ4v) is 3.96. The second kappa shape index (κ2) is 8.99. The molecule has 3 rings (SSSR count). The number of aryl methyl sites for hydroxylation is 1. The van der Waals surface area contributed by atoms with Crippen LogP contribution in [0, 0.1) is 12.8 Å². The SMILES string of the molecule is COc1ccccc1C(=O)N1CCC(C(=O)NCCc2csc(C)n2)CC1. The first-order valence-corrected chi connectivity index (χ1v) is 10.1. The van der Waals surface area contributed by atoms with Gasteiger partial charge in [0.15, 0.2) is 0 Å². The average molecular weight is 388 g/mol. The average Bonchev–Trinajstić information content (AvgIpc) is 3.12. The first-order chi connectivity index (χ1) is 13.1. The number of rotatable bonds is 6. The predicted molar refractivity (Wildman–Crippen MR) is 105 cm³/mol. The molecule has 2 amide bonds. The van der Waals surface area contributed by atoms with Crippen molar-refractivity contribution < 1.29 is 14.3 Å². The van der Waals surface area contributed by atoms with E-state index in [2.05, 4.69) is 10.3 Å². The van der Waals surface area contributed by atoms with Crippen molar-refractivity contribution in [2.24, 2.45) is 5.92 Å². The molecule has 0 atom stereocenters. The summed E-state index contributed by atoms with van der Waals surface area (Å²) in [5.41, 5.74) is 1.59. The summed E-state index contributed by atoms with van der Waals surface area (Å²) >= 11 is 1.62. The fourth-order valence-electron chi connectivity index (χ4n) is 3.32. The number of nitrogens with zero attached hydrogens (tertiary/aromatic N) is 2. The van der Waals surface area contributed by atoms with Gasteiger partial charge in [-0.15, -0.1) is 11.3 Å². The lowest BCUT2D eigenvalue weighted by atomic mass is 9.95. The van der Waals surface area contributed by atoms with Gasteiger partial charge in [-0.1, -0.05) is 12.1 Å². The zero-order valence-electron chi connectivity index (χ0n) is 15.7. The summed E-state index contributed by atoms with van der Waals surface area (Å²) < 4.78 is 5.28. The van der Waals surface area contributed by atoms with Crippen molar-refractivity contribution >= 4 is 23.2 Å². The van der Waals surface area contributed by atoms with Gasteiger partial charge >= 0.3 is 0 Å². The Morgan fingerprint density at radius 3 is 2.70 bits per heavy atom. The highest BCUT2D eigenvalue weighted by Gasteiger charge is 2.28. The van der Waals surface area contributed by atoms with E-state index in [1.165, 1.54) is 0 Å². The van der Waals surface area contributed by atoms with E-state index < -0.39 is 0 Å². The molecule has 0 bridgehead atoms. The molecule has 0 unspecified atom stereocenters. The number of methoxy groups -OCH3 is 1. The molecule has 1 N–H and O–H groups in total. The number of aromatic nitrogens is 1. The predicted octanol–water partition coefficient (Wildman–Crippen LogP) is 2.67. The van der Waals surface area contributed by atoms with Crippen LogP contribution in [0.15, 0.2) is 29.6 Å². The summed E-state index contributed by atoms with van der Waals surface area (Å²) in [6, 6.07) is 7.25. The van der Waals surface area contributed by atoms with Gasteiger partial charge in [0.1, 0.15) is 5.75 Å². The first kappa shape index (κ1) is 19.4. The van der Waals surface area contributed by atoms with Gasteiger partial charge in [0.25, 0.3) is 5.91 Å². The largest absolute Gasteiger partial charge is 0.496 e. The van der Waals surface area contributed by atoms with Crippen molar-refractivity contribution in [3.63, 3.8) is 0 Å². The number of carbonyl (C=O) groups excluding carboxylic acids is 2. The number of thiazole rings is 1.